The number of hydrogen-bond acceptors (Lipinski definition) is 3. The van der Waals surface area contributed by atoms with E-state index in [-0.39, 0.29) is 11.9 Å². The Morgan fingerprint density at radius 2 is 2.50 bits per heavy atom. The van der Waals surface area contributed by atoms with Crippen LogP contribution >= 0.6 is 0 Å². The molecule has 16 heavy (non-hydrogen) atoms. The molecular weight excluding hydrogens is 207 g/mol. The van der Waals surface area contributed by atoms with Gasteiger partial charge in [-0.3, -0.25) is 4.98 Å². The maximum atomic E-state index is 13.6. The SMILES string of the molecule is CNC(c1ccncc1F)C1CCCOC1. The summed E-state index contributed by atoms with van der Waals surface area (Å²) < 4.78 is 19.1. The van der Waals surface area contributed by atoms with Crippen LogP contribution in [0, 0.1) is 11.7 Å². The van der Waals surface area contributed by atoms with Gasteiger partial charge in [0.2, 0.25) is 0 Å². The number of nitrogens with one attached hydrogen (secondary N) is 1. The summed E-state index contributed by atoms with van der Waals surface area (Å²) in [5.74, 6) is 0.100. The van der Waals surface area contributed by atoms with Crippen LogP contribution in [0.25, 0.3) is 0 Å². The Kier molecular flexibility index (Phi) is 3.85. The average molecular weight is 224 g/mol. The largest absolute Gasteiger partial charge is 0.381 e. The third-order valence-corrected chi connectivity index (χ3v) is 3.12. The normalized spacial score (nSPS) is 23.0. The molecule has 0 radical (unpaired) electrons. The van der Waals surface area contributed by atoms with E-state index in [1.165, 1.54) is 6.20 Å². The lowest BCUT2D eigenvalue weighted by atomic mass is 9.89. The number of pyridine rings is 1. The van der Waals surface area contributed by atoms with Gasteiger partial charge in [0.1, 0.15) is 5.82 Å². The van der Waals surface area contributed by atoms with Gasteiger partial charge in [0.05, 0.1) is 12.8 Å². The Hall–Kier alpha value is -1.00. The molecule has 1 N–H and O–H groups in total. The maximum Gasteiger partial charge on any atom is 0.146 e. The molecule has 0 aromatic carbocycles. The first-order chi connectivity index (χ1) is 7.83. The van der Waals surface area contributed by atoms with E-state index in [0.717, 1.165) is 19.4 Å². The fourth-order valence-electron chi connectivity index (χ4n) is 2.31. The quantitative estimate of drug-likeness (QED) is 0.851. The van der Waals surface area contributed by atoms with Crippen LogP contribution in [0.3, 0.4) is 0 Å². The summed E-state index contributed by atoms with van der Waals surface area (Å²) >= 11 is 0. The summed E-state index contributed by atoms with van der Waals surface area (Å²) in [4.78, 5) is 3.77. The van der Waals surface area contributed by atoms with Crippen molar-refractivity contribution in [2.24, 2.45) is 5.92 Å². The van der Waals surface area contributed by atoms with E-state index in [1.54, 1.807) is 12.3 Å². The molecule has 0 aliphatic carbocycles. The summed E-state index contributed by atoms with van der Waals surface area (Å²) in [7, 11) is 1.86. The first-order valence-electron chi connectivity index (χ1n) is 5.67. The Balaban J connectivity index is 2.18. The van der Waals surface area contributed by atoms with Gasteiger partial charge in [0.25, 0.3) is 0 Å². The van der Waals surface area contributed by atoms with Crippen molar-refractivity contribution in [3.05, 3.63) is 29.8 Å². The number of aromatic nitrogens is 1. The molecule has 1 fully saturated rings. The summed E-state index contributed by atoms with van der Waals surface area (Å²) in [6, 6.07) is 1.76. The number of rotatable bonds is 3. The minimum Gasteiger partial charge on any atom is -0.381 e. The van der Waals surface area contributed by atoms with E-state index in [1.807, 2.05) is 7.05 Å². The molecule has 0 amide bonds. The molecule has 2 atom stereocenters. The Labute approximate surface area is 95.0 Å². The zero-order valence-corrected chi connectivity index (χ0v) is 9.45. The van der Waals surface area contributed by atoms with Crippen molar-refractivity contribution in [1.82, 2.24) is 10.3 Å². The minimum atomic E-state index is -0.243. The molecule has 0 bridgehead atoms. The second kappa shape index (κ2) is 5.37. The molecule has 2 unspecified atom stereocenters. The molecule has 4 heteroatoms. The van der Waals surface area contributed by atoms with E-state index in [0.29, 0.717) is 18.1 Å². The van der Waals surface area contributed by atoms with Crippen LogP contribution in [0.15, 0.2) is 18.5 Å². The minimum absolute atomic E-state index is 0.0169. The van der Waals surface area contributed by atoms with Gasteiger partial charge in [-0.25, -0.2) is 4.39 Å². The highest BCUT2D eigenvalue weighted by molar-refractivity contribution is 5.18. The summed E-state index contributed by atoms with van der Waals surface area (Å²) in [6.07, 6.45) is 5.03. The van der Waals surface area contributed by atoms with Crippen molar-refractivity contribution in [2.45, 2.75) is 18.9 Å². The molecule has 1 saturated heterocycles. The highest BCUT2D eigenvalue weighted by Crippen LogP contribution is 2.29. The molecule has 88 valence electrons. The monoisotopic (exact) mass is 224 g/mol. The molecule has 1 aromatic rings. The number of hydrogen-bond donors (Lipinski definition) is 1. The van der Waals surface area contributed by atoms with Gasteiger partial charge in [0, 0.05) is 30.3 Å². The Bertz CT molecular complexity index is 340. The lowest BCUT2D eigenvalue weighted by Gasteiger charge is -2.30. The molecule has 1 aliphatic rings. The van der Waals surface area contributed by atoms with Crippen molar-refractivity contribution in [3.8, 4) is 0 Å². The molecular formula is C12H17FN2O. The van der Waals surface area contributed by atoms with Crippen LogP contribution in [0.2, 0.25) is 0 Å². The summed E-state index contributed by atoms with van der Waals surface area (Å²) in [5, 5.41) is 3.18. The highest BCUT2D eigenvalue weighted by atomic mass is 19.1. The first-order valence-corrected chi connectivity index (χ1v) is 5.67. The van der Waals surface area contributed by atoms with Crippen LogP contribution < -0.4 is 5.32 Å². The Morgan fingerprint density at radius 3 is 3.12 bits per heavy atom. The van der Waals surface area contributed by atoms with Crippen molar-refractivity contribution >= 4 is 0 Å². The molecule has 1 aromatic heterocycles. The van der Waals surface area contributed by atoms with Crippen LogP contribution in [-0.4, -0.2) is 25.2 Å². The highest BCUT2D eigenvalue weighted by Gasteiger charge is 2.26. The third-order valence-electron chi connectivity index (χ3n) is 3.12. The molecule has 2 heterocycles. The van der Waals surface area contributed by atoms with Crippen molar-refractivity contribution in [1.29, 1.82) is 0 Å². The first kappa shape index (κ1) is 11.5. The average Bonchev–Trinajstić information content (AvgIpc) is 2.34. The lowest BCUT2D eigenvalue weighted by molar-refractivity contribution is 0.0396. The van der Waals surface area contributed by atoms with Crippen LogP contribution in [0.4, 0.5) is 4.39 Å². The van der Waals surface area contributed by atoms with Crippen LogP contribution in [0.1, 0.15) is 24.4 Å². The van der Waals surface area contributed by atoms with Crippen LogP contribution in [0.5, 0.6) is 0 Å². The van der Waals surface area contributed by atoms with E-state index < -0.39 is 0 Å². The number of ether oxygens (including phenoxy) is 1. The smallest absolute Gasteiger partial charge is 0.146 e. The fourth-order valence-corrected chi connectivity index (χ4v) is 2.31. The third kappa shape index (κ3) is 2.39. The second-order valence-corrected chi connectivity index (χ2v) is 4.14. The predicted octanol–water partition coefficient (Wildman–Crippen LogP) is 1.91. The van der Waals surface area contributed by atoms with Gasteiger partial charge in [0.15, 0.2) is 0 Å². The van der Waals surface area contributed by atoms with Gasteiger partial charge in [-0.1, -0.05) is 0 Å². The standard InChI is InChI=1S/C12H17FN2O/c1-14-12(9-3-2-6-16-8-9)10-4-5-15-7-11(10)13/h4-5,7,9,12,14H,2-3,6,8H2,1H3. The van der Waals surface area contributed by atoms with Gasteiger partial charge in [-0.15, -0.1) is 0 Å². The van der Waals surface area contributed by atoms with E-state index in [9.17, 15) is 4.39 Å². The number of nitrogens with zero attached hydrogens (tertiary/aromatic N) is 1. The fraction of sp³-hybridized carbons (Fsp3) is 0.583. The molecule has 0 saturated carbocycles. The zero-order valence-electron chi connectivity index (χ0n) is 9.45. The molecule has 2 rings (SSSR count). The van der Waals surface area contributed by atoms with Crippen molar-refractivity contribution < 1.29 is 9.13 Å². The topological polar surface area (TPSA) is 34.2 Å². The summed E-state index contributed by atoms with van der Waals surface area (Å²) in [5.41, 5.74) is 0.688. The van der Waals surface area contributed by atoms with E-state index >= 15 is 0 Å². The number of halogens is 1. The molecule has 3 nitrogen and oxygen atoms in total. The second-order valence-electron chi connectivity index (χ2n) is 4.14. The zero-order chi connectivity index (χ0) is 11.4. The van der Waals surface area contributed by atoms with Gasteiger partial charge < -0.3 is 10.1 Å². The Morgan fingerprint density at radius 1 is 1.62 bits per heavy atom. The molecule has 1 aliphatic heterocycles. The van der Waals surface area contributed by atoms with Gasteiger partial charge in [-0.2, -0.15) is 0 Å². The maximum absolute atomic E-state index is 13.6. The van der Waals surface area contributed by atoms with Crippen molar-refractivity contribution in [2.75, 3.05) is 20.3 Å². The van der Waals surface area contributed by atoms with E-state index in [4.69, 9.17) is 4.74 Å². The van der Waals surface area contributed by atoms with E-state index in [2.05, 4.69) is 10.3 Å². The van der Waals surface area contributed by atoms with Crippen LogP contribution in [-0.2, 0) is 4.74 Å². The summed E-state index contributed by atoms with van der Waals surface area (Å²) in [6.45, 7) is 1.53. The molecule has 0 spiro atoms. The van der Waals surface area contributed by atoms with Gasteiger partial charge >= 0.3 is 0 Å². The van der Waals surface area contributed by atoms with Crippen molar-refractivity contribution in [3.63, 3.8) is 0 Å². The predicted molar refractivity (Wildman–Crippen MR) is 59.5 cm³/mol. The van der Waals surface area contributed by atoms with Gasteiger partial charge in [-0.05, 0) is 26.0 Å². The lowest BCUT2D eigenvalue weighted by Crippen LogP contribution is -2.32.